The summed E-state index contributed by atoms with van der Waals surface area (Å²) in [7, 11) is 0. The van der Waals surface area contributed by atoms with Gasteiger partial charge in [-0.25, -0.2) is 9.37 Å². The van der Waals surface area contributed by atoms with Crippen LogP contribution in [0, 0.1) is 17.1 Å². The number of alkyl halides is 3. The lowest BCUT2D eigenvalue weighted by molar-refractivity contribution is -0.140. The van der Waals surface area contributed by atoms with Crippen molar-refractivity contribution in [3.63, 3.8) is 0 Å². The molecule has 4 rings (SSSR count). The zero-order valence-electron chi connectivity index (χ0n) is 17.4. The molecule has 0 radical (unpaired) electrons. The van der Waals surface area contributed by atoms with Crippen LogP contribution in [0.3, 0.4) is 0 Å². The van der Waals surface area contributed by atoms with E-state index in [0.29, 0.717) is 44.0 Å². The minimum absolute atomic E-state index is 0.151. The Kier molecular flexibility index (Phi) is 5.93. The molecule has 0 saturated carbocycles. The Bertz CT molecular complexity index is 1190. The number of nitrogens with zero attached hydrogens (tertiary/aromatic N) is 5. The molecule has 0 bridgehead atoms. The third-order valence-corrected chi connectivity index (χ3v) is 5.96. The molecule has 0 atom stereocenters. The number of amides is 1. The van der Waals surface area contributed by atoms with Crippen molar-refractivity contribution in [3.05, 3.63) is 59.9 Å². The summed E-state index contributed by atoms with van der Waals surface area (Å²) in [6.45, 7) is 1.06. The first-order chi connectivity index (χ1) is 15.7. The second-order valence-corrected chi connectivity index (χ2v) is 7.97. The summed E-state index contributed by atoms with van der Waals surface area (Å²) in [4.78, 5) is 21.6. The largest absolute Gasteiger partial charge is 0.434 e. The molecule has 1 fully saturated rings. The molecule has 1 amide bonds. The fourth-order valence-corrected chi connectivity index (χ4v) is 4.13. The fraction of sp³-hybridized carbons (Fsp3) is 0.364. The van der Waals surface area contributed by atoms with Crippen LogP contribution in [0.2, 0.25) is 0 Å². The third kappa shape index (κ3) is 4.60. The van der Waals surface area contributed by atoms with Gasteiger partial charge in [-0.1, -0.05) is 6.07 Å². The summed E-state index contributed by atoms with van der Waals surface area (Å²) in [5, 5.41) is 12.0. The van der Waals surface area contributed by atoms with Crippen molar-refractivity contribution in [3.8, 4) is 6.07 Å². The summed E-state index contributed by atoms with van der Waals surface area (Å²) in [5.74, 6) is -0.319. The molecule has 1 saturated heterocycles. The van der Waals surface area contributed by atoms with Gasteiger partial charge in [0.25, 0.3) is 0 Å². The SMILES string of the molecule is N#CCC(=O)N1CCC(CNc2cccc3nc(C(F)(F)F)cn23)(c2ccc(F)cn2)CC1. The maximum Gasteiger partial charge on any atom is 0.434 e. The predicted octanol–water partition coefficient (Wildman–Crippen LogP) is 3.77. The number of carbonyl (C=O) groups is 1. The van der Waals surface area contributed by atoms with Gasteiger partial charge in [-0.3, -0.25) is 14.2 Å². The molecule has 1 N–H and O–H groups in total. The minimum atomic E-state index is -4.56. The number of piperidine rings is 1. The summed E-state index contributed by atoms with van der Waals surface area (Å²) in [5.41, 5.74) is -0.807. The average Bonchev–Trinajstić information content (AvgIpc) is 3.24. The van der Waals surface area contributed by atoms with Crippen LogP contribution in [0.15, 0.2) is 42.7 Å². The van der Waals surface area contributed by atoms with Gasteiger partial charge in [0.15, 0.2) is 5.69 Å². The Morgan fingerprint density at radius 3 is 2.61 bits per heavy atom. The molecule has 1 aliphatic rings. The molecular weight excluding hydrogens is 440 g/mol. The molecule has 0 aliphatic carbocycles. The Balaban J connectivity index is 1.61. The van der Waals surface area contributed by atoms with E-state index in [1.807, 2.05) is 6.07 Å². The number of likely N-dealkylation sites (tertiary alicyclic amines) is 1. The smallest absolute Gasteiger partial charge is 0.370 e. The molecule has 4 heterocycles. The fourth-order valence-electron chi connectivity index (χ4n) is 4.13. The van der Waals surface area contributed by atoms with E-state index in [9.17, 15) is 22.4 Å². The van der Waals surface area contributed by atoms with E-state index in [0.717, 1.165) is 12.4 Å². The summed E-state index contributed by atoms with van der Waals surface area (Å²) in [6, 6.07) is 9.49. The topological polar surface area (TPSA) is 86.3 Å². The highest BCUT2D eigenvalue weighted by molar-refractivity contribution is 5.78. The highest BCUT2D eigenvalue weighted by atomic mass is 19.4. The first-order valence-electron chi connectivity index (χ1n) is 10.3. The van der Waals surface area contributed by atoms with Gasteiger partial charge in [0.05, 0.1) is 12.3 Å². The molecule has 3 aromatic rings. The Morgan fingerprint density at radius 2 is 1.97 bits per heavy atom. The molecule has 0 aromatic carbocycles. The van der Waals surface area contributed by atoms with Crippen molar-refractivity contribution >= 4 is 17.4 Å². The van der Waals surface area contributed by atoms with Crippen molar-refractivity contribution in [2.45, 2.75) is 30.9 Å². The van der Waals surface area contributed by atoms with Crippen LogP contribution < -0.4 is 5.32 Å². The number of carbonyl (C=O) groups excluding carboxylic acids is 1. The number of hydrogen-bond acceptors (Lipinski definition) is 5. The van der Waals surface area contributed by atoms with E-state index in [4.69, 9.17) is 5.26 Å². The van der Waals surface area contributed by atoms with Crippen molar-refractivity contribution in [2.75, 3.05) is 25.0 Å². The molecule has 11 heteroatoms. The average molecular weight is 460 g/mol. The lowest BCUT2D eigenvalue weighted by Gasteiger charge is -2.41. The van der Waals surface area contributed by atoms with Crippen LogP contribution >= 0.6 is 0 Å². The van der Waals surface area contributed by atoms with Crippen LogP contribution in [0.4, 0.5) is 23.4 Å². The number of nitrogens with one attached hydrogen (secondary N) is 1. The maximum atomic E-state index is 13.5. The van der Waals surface area contributed by atoms with Gasteiger partial charge in [0, 0.05) is 36.9 Å². The van der Waals surface area contributed by atoms with E-state index in [1.54, 1.807) is 23.1 Å². The highest BCUT2D eigenvalue weighted by Gasteiger charge is 2.39. The minimum Gasteiger partial charge on any atom is -0.370 e. The Hall–Kier alpha value is -3.68. The number of aromatic nitrogens is 3. The molecule has 33 heavy (non-hydrogen) atoms. The van der Waals surface area contributed by atoms with Gasteiger partial charge < -0.3 is 10.2 Å². The van der Waals surface area contributed by atoms with Gasteiger partial charge in [-0.15, -0.1) is 0 Å². The van der Waals surface area contributed by atoms with E-state index in [-0.39, 0.29) is 18.0 Å². The quantitative estimate of drug-likeness (QED) is 0.586. The van der Waals surface area contributed by atoms with Gasteiger partial charge in [-0.05, 0) is 37.1 Å². The molecular formula is C22H20F4N6O. The van der Waals surface area contributed by atoms with Crippen LogP contribution in [-0.2, 0) is 16.4 Å². The van der Waals surface area contributed by atoms with Crippen LogP contribution in [0.5, 0.6) is 0 Å². The van der Waals surface area contributed by atoms with E-state index in [1.165, 1.54) is 16.5 Å². The number of nitriles is 1. The van der Waals surface area contributed by atoms with Crippen molar-refractivity contribution in [1.82, 2.24) is 19.3 Å². The standard InChI is InChI=1S/C22H20F4N6O/c23-15-4-5-16(28-12-15)21(7-10-31(11-8-21)20(33)6-9-27)14-29-18-2-1-3-19-30-17(13-32(18)19)22(24,25)26/h1-5,12-13,29H,6-8,10-11,14H2. The number of anilines is 1. The van der Waals surface area contributed by atoms with Crippen molar-refractivity contribution in [1.29, 1.82) is 5.26 Å². The second kappa shape index (κ2) is 8.69. The Labute approximate surface area is 186 Å². The van der Waals surface area contributed by atoms with Gasteiger partial charge >= 0.3 is 6.18 Å². The van der Waals surface area contributed by atoms with Crippen LogP contribution in [-0.4, -0.2) is 44.8 Å². The molecule has 1 aliphatic heterocycles. The molecule has 0 spiro atoms. The molecule has 172 valence electrons. The van der Waals surface area contributed by atoms with E-state index in [2.05, 4.69) is 15.3 Å². The third-order valence-electron chi connectivity index (χ3n) is 5.96. The second-order valence-electron chi connectivity index (χ2n) is 7.97. The van der Waals surface area contributed by atoms with Crippen LogP contribution in [0.1, 0.15) is 30.7 Å². The summed E-state index contributed by atoms with van der Waals surface area (Å²) >= 11 is 0. The predicted molar refractivity (Wildman–Crippen MR) is 111 cm³/mol. The molecule has 7 nitrogen and oxygen atoms in total. The first kappa shape index (κ1) is 22.5. The molecule has 0 unspecified atom stereocenters. The number of rotatable bonds is 5. The van der Waals surface area contributed by atoms with Crippen molar-refractivity contribution < 1.29 is 22.4 Å². The first-order valence-corrected chi connectivity index (χ1v) is 10.3. The summed E-state index contributed by atoms with van der Waals surface area (Å²) < 4.78 is 54.2. The summed E-state index contributed by atoms with van der Waals surface area (Å²) in [6.07, 6.45) is -1.73. The normalized spacial score (nSPS) is 15.9. The lowest BCUT2D eigenvalue weighted by Crippen LogP contribution is -2.48. The van der Waals surface area contributed by atoms with Crippen molar-refractivity contribution in [2.24, 2.45) is 0 Å². The van der Waals surface area contributed by atoms with Gasteiger partial charge in [-0.2, -0.15) is 18.4 Å². The zero-order chi connectivity index (χ0) is 23.6. The zero-order valence-corrected chi connectivity index (χ0v) is 17.4. The molecule has 3 aromatic heterocycles. The van der Waals surface area contributed by atoms with Gasteiger partial charge in [0.1, 0.15) is 23.7 Å². The number of fused-ring (bicyclic) bond motifs is 1. The monoisotopic (exact) mass is 460 g/mol. The highest BCUT2D eigenvalue weighted by Crippen LogP contribution is 2.36. The maximum absolute atomic E-state index is 13.5. The number of imidazole rings is 1. The Morgan fingerprint density at radius 1 is 1.21 bits per heavy atom. The van der Waals surface area contributed by atoms with Crippen LogP contribution in [0.25, 0.3) is 5.65 Å². The number of hydrogen-bond donors (Lipinski definition) is 1. The number of halogens is 4. The van der Waals surface area contributed by atoms with E-state index < -0.39 is 23.1 Å². The number of pyridine rings is 2. The van der Waals surface area contributed by atoms with Gasteiger partial charge in [0.2, 0.25) is 5.91 Å². The lowest BCUT2D eigenvalue weighted by atomic mass is 9.75. The van der Waals surface area contributed by atoms with E-state index >= 15 is 0 Å².